The fourth-order valence-corrected chi connectivity index (χ4v) is 2.35. The third-order valence-electron chi connectivity index (χ3n) is 2.81. The Morgan fingerprint density at radius 1 is 1.45 bits per heavy atom. The van der Waals surface area contributed by atoms with Crippen LogP contribution in [0.25, 0.3) is 0 Å². The third kappa shape index (κ3) is 6.51. The molecule has 0 fully saturated rings. The van der Waals surface area contributed by atoms with Gasteiger partial charge >= 0.3 is 12.0 Å². The van der Waals surface area contributed by atoms with E-state index in [-0.39, 0.29) is 18.4 Å². The number of nitrogens with one attached hydrogen (secondary N) is 2. The highest BCUT2D eigenvalue weighted by Gasteiger charge is 2.08. The number of carbonyl (C=O) groups excluding carboxylic acids is 1. The van der Waals surface area contributed by atoms with Crippen molar-refractivity contribution in [3.8, 4) is 0 Å². The number of rotatable bonds is 8. The zero-order valence-corrected chi connectivity index (χ0v) is 12.6. The van der Waals surface area contributed by atoms with Gasteiger partial charge in [-0.05, 0) is 18.8 Å². The average Bonchev–Trinajstić information content (AvgIpc) is 2.88. The number of carboxylic acids is 1. The molecule has 0 aliphatic carbocycles. The van der Waals surface area contributed by atoms with Gasteiger partial charge in [-0.25, -0.2) is 9.78 Å². The van der Waals surface area contributed by atoms with E-state index in [4.69, 9.17) is 5.11 Å². The molecule has 2 amide bonds. The number of hydrogen-bond donors (Lipinski definition) is 3. The first kappa shape index (κ1) is 16.4. The van der Waals surface area contributed by atoms with Crippen molar-refractivity contribution < 1.29 is 14.7 Å². The average molecular weight is 299 g/mol. The summed E-state index contributed by atoms with van der Waals surface area (Å²) in [5.74, 6) is -0.666. The number of carboxylic acid groups (broad SMARTS) is 1. The van der Waals surface area contributed by atoms with E-state index < -0.39 is 5.97 Å². The van der Waals surface area contributed by atoms with Crippen molar-refractivity contribution in [1.29, 1.82) is 0 Å². The van der Waals surface area contributed by atoms with Crippen LogP contribution in [0.3, 0.4) is 0 Å². The number of nitrogens with zero attached hydrogens (tertiary/aromatic N) is 1. The van der Waals surface area contributed by atoms with Gasteiger partial charge in [0.15, 0.2) is 0 Å². The minimum atomic E-state index is -0.809. The van der Waals surface area contributed by atoms with Crippen molar-refractivity contribution in [1.82, 2.24) is 15.6 Å². The molecule has 0 aliphatic rings. The van der Waals surface area contributed by atoms with Gasteiger partial charge in [0.25, 0.3) is 0 Å². The van der Waals surface area contributed by atoms with Crippen molar-refractivity contribution in [2.24, 2.45) is 5.92 Å². The number of aromatic nitrogens is 1. The van der Waals surface area contributed by atoms with E-state index >= 15 is 0 Å². The zero-order chi connectivity index (χ0) is 15.0. The van der Waals surface area contributed by atoms with Gasteiger partial charge in [0, 0.05) is 24.0 Å². The maximum absolute atomic E-state index is 11.6. The number of aryl methyl sites for hydroxylation is 1. The first-order valence-electron chi connectivity index (χ1n) is 6.68. The number of hydrogen-bond acceptors (Lipinski definition) is 4. The van der Waals surface area contributed by atoms with E-state index in [1.165, 1.54) is 4.88 Å². The molecule has 1 aromatic rings. The third-order valence-corrected chi connectivity index (χ3v) is 3.95. The predicted molar refractivity (Wildman–Crippen MR) is 77.8 cm³/mol. The molecule has 6 nitrogen and oxygen atoms in total. The maximum Gasteiger partial charge on any atom is 0.315 e. The van der Waals surface area contributed by atoms with Gasteiger partial charge in [0.05, 0.1) is 6.54 Å². The Morgan fingerprint density at radius 2 is 2.20 bits per heavy atom. The molecule has 1 unspecified atom stereocenters. The largest absolute Gasteiger partial charge is 0.481 e. The molecule has 0 aromatic carbocycles. The van der Waals surface area contributed by atoms with E-state index in [0.29, 0.717) is 19.5 Å². The fraction of sp³-hybridized carbons (Fsp3) is 0.615. The predicted octanol–water partition coefficient (Wildman–Crippen LogP) is 2.01. The SMILES string of the molecule is CCc1cnc(CNC(=O)NCC(C)CCC(=O)O)s1. The quantitative estimate of drug-likeness (QED) is 0.684. The second-order valence-electron chi connectivity index (χ2n) is 4.68. The van der Waals surface area contributed by atoms with Gasteiger partial charge in [-0.15, -0.1) is 11.3 Å². The molecule has 1 aromatic heterocycles. The van der Waals surface area contributed by atoms with Crippen LogP contribution in [0.15, 0.2) is 6.20 Å². The molecule has 0 saturated heterocycles. The molecule has 7 heteroatoms. The van der Waals surface area contributed by atoms with Crippen LogP contribution in [-0.2, 0) is 17.8 Å². The van der Waals surface area contributed by atoms with Crippen LogP contribution in [0, 0.1) is 5.92 Å². The molecule has 112 valence electrons. The lowest BCUT2D eigenvalue weighted by molar-refractivity contribution is -0.137. The summed E-state index contributed by atoms with van der Waals surface area (Å²) in [7, 11) is 0. The highest BCUT2D eigenvalue weighted by Crippen LogP contribution is 2.12. The van der Waals surface area contributed by atoms with E-state index in [1.807, 2.05) is 13.1 Å². The summed E-state index contributed by atoms with van der Waals surface area (Å²) in [4.78, 5) is 27.4. The minimum absolute atomic E-state index is 0.128. The second-order valence-corrected chi connectivity index (χ2v) is 5.87. The monoisotopic (exact) mass is 299 g/mol. The molecule has 1 rings (SSSR count). The highest BCUT2D eigenvalue weighted by molar-refractivity contribution is 7.11. The lowest BCUT2D eigenvalue weighted by Crippen LogP contribution is -2.37. The first-order valence-corrected chi connectivity index (χ1v) is 7.50. The Labute approximate surface area is 122 Å². The van der Waals surface area contributed by atoms with Crippen LogP contribution in [0.1, 0.15) is 36.6 Å². The highest BCUT2D eigenvalue weighted by atomic mass is 32.1. The normalized spacial score (nSPS) is 11.9. The van der Waals surface area contributed by atoms with Crippen molar-refractivity contribution in [3.05, 3.63) is 16.1 Å². The minimum Gasteiger partial charge on any atom is -0.481 e. The van der Waals surface area contributed by atoms with Crippen LogP contribution in [0.2, 0.25) is 0 Å². The lowest BCUT2D eigenvalue weighted by atomic mass is 10.1. The molecule has 3 N–H and O–H groups in total. The molecule has 20 heavy (non-hydrogen) atoms. The number of thiazole rings is 1. The van der Waals surface area contributed by atoms with E-state index in [1.54, 1.807) is 11.3 Å². The fourth-order valence-electron chi connectivity index (χ4n) is 1.55. The van der Waals surface area contributed by atoms with Crippen molar-refractivity contribution in [2.45, 2.75) is 39.7 Å². The summed E-state index contributed by atoms with van der Waals surface area (Å²) in [6.07, 6.45) is 3.46. The second kappa shape index (κ2) is 8.52. The zero-order valence-electron chi connectivity index (χ0n) is 11.8. The summed E-state index contributed by atoms with van der Waals surface area (Å²) in [5.41, 5.74) is 0. The van der Waals surface area contributed by atoms with Crippen molar-refractivity contribution >= 4 is 23.3 Å². The summed E-state index contributed by atoms with van der Waals surface area (Å²) >= 11 is 1.59. The number of urea groups is 1. The molecule has 1 heterocycles. The number of amides is 2. The molecular weight excluding hydrogens is 278 g/mol. The van der Waals surface area contributed by atoms with E-state index in [2.05, 4.69) is 22.5 Å². The summed E-state index contributed by atoms with van der Waals surface area (Å²) in [6, 6.07) is -0.250. The van der Waals surface area contributed by atoms with Crippen LogP contribution < -0.4 is 10.6 Å². The Hall–Kier alpha value is -1.63. The van der Waals surface area contributed by atoms with E-state index in [0.717, 1.165) is 11.4 Å². The molecule has 0 radical (unpaired) electrons. The smallest absolute Gasteiger partial charge is 0.315 e. The standard InChI is InChI=1S/C13H21N3O3S/c1-3-10-7-14-11(20-10)8-16-13(19)15-6-9(2)4-5-12(17)18/h7,9H,3-6,8H2,1-2H3,(H,17,18)(H2,15,16,19). The molecule has 1 atom stereocenters. The Bertz CT molecular complexity index is 448. The topological polar surface area (TPSA) is 91.3 Å². The van der Waals surface area contributed by atoms with Crippen LogP contribution in [-0.4, -0.2) is 28.6 Å². The molecular formula is C13H21N3O3S. The molecule has 0 bridgehead atoms. The number of carbonyl (C=O) groups is 2. The van der Waals surface area contributed by atoms with Gasteiger partial charge in [0.1, 0.15) is 5.01 Å². The Balaban J connectivity index is 2.18. The number of aliphatic carboxylic acids is 1. The maximum atomic E-state index is 11.6. The van der Waals surface area contributed by atoms with Gasteiger partial charge < -0.3 is 15.7 Å². The van der Waals surface area contributed by atoms with Gasteiger partial charge in [-0.1, -0.05) is 13.8 Å². The lowest BCUT2D eigenvalue weighted by Gasteiger charge is -2.11. The Kier molecular flexibility index (Phi) is 7.00. The molecule has 0 saturated carbocycles. The van der Waals surface area contributed by atoms with Crippen LogP contribution >= 0.6 is 11.3 Å². The summed E-state index contributed by atoms with van der Waals surface area (Å²) in [5, 5.41) is 14.9. The Morgan fingerprint density at radius 3 is 2.80 bits per heavy atom. The van der Waals surface area contributed by atoms with Crippen molar-refractivity contribution in [3.63, 3.8) is 0 Å². The van der Waals surface area contributed by atoms with Gasteiger partial charge in [0.2, 0.25) is 0 Å². The van der Waals surface area contributed by atoms with E-state index in [9.17, 15) is 9.59 Å². The molecule has 0 aliphatic heterocycles. The van der Waals surface area contributed by atoms with Crippen LogP contribution in [0.5, 0.6) is 0 Å². The van der Waals surface area contributed by atoms with Crippen molar-refractivity contribution in [2.75, 3.05) is 6.54 Å². The first-order chi connectivity index (χ1) is 9.51. The summed E-state index contributed by atoms with van der Waals surface area (Å²) < 4.78 is 0. The van der Waals surface area contributed by atoms with Gasteiger partial charge in [-0.2, -0.15) is 0 Å². The molecule has 0 spiro atoms. The van der Waals surface area contributed by atoms with Crippen LogP contribution in [0.4, 0.5) is 4.79 Å². The van der Waals surface area contributed by atoms with Gasteiger partial charge in [-0.3, -0.25) is 4.79 Å². The summed E-state index contributed by atoms with van der Waals surface area (Å²) in [6.45, 7) is 4.87.